The fourth-order valence-corrected chi connectivity index (χ4v) is 3.66. The Balaban J connectivity index is 1.59. The van der Waals surface area contributed by atoms with Gasteiger partial charge < -0.3 is 14.4 Å². The van der Waals surface area contributed by atoms with Gasteiger partial charge in [0.25, 0.3) is 0 Å². The molecule has 2 saturated heterocycles. The Kier molecular flexibility index (Phi) is 2.79. The number of hydrogen-bond donors (Lipinski definition) is 0. The molecule has 4 rings (SSSR count). The number of ether oxygens (including phenoxy) is 2. The Morgan fingerprint density at radius 2 is 2.00 bits per heavy atom. The molecule has 1 aromatic carbocycles. The van der Waals surface area contributed by atoms with Crippen molar-refractivity contribution in [3.8, 4) is 11.5 Å². The summed E-state index contributed by atoms with van der Waals surface area (Å²) in [5, 5.41) is 0. The lowest BCUT2D eigenvalue weighted by atomic mass is 10.1. The van der Waals surface area contributed by atoms with Gasteiger partial charge in [0.05, 0.1) is 0 Å². The van der Waals surface area contributed by atoms with Crippen LogP contribution < -0.4 is 14.4 Å². The second-order valence-electron chi connectivity index (χ2n) is 6.09. The van der Waals surface area contributed by atoms with Crippen molar-refractivity contribution in [3.63, 3.8) is 0 Å². The predicted molar refractivity (Wildman–Crippen MR) is 74.0 cm³/mol. The van der Waals surface area contributed by atoms with Gasteiger partial charge in [0, 0.05) is 36.9 Å². The third-order valence-corrected chi connectivity index (χ3v) is 4.65. The molecule has 4 nitrogen and oxygen atoms in total. The number of rotatable bonds is 1. The molecular formula is C15H18F2N2O2. The normalized spacial score (nSPS) is 30.5. The summed E-state index contributed by atoms with van der Waals surface area (Å²) in [5.41, 5.74) is 0.925. The first-order chi connectivity index (χ1) is 10.0. The van der Waals surface area contributed by atoms with Crippen molar-refractivity contribution in [2.75, 3.05) is 24.5 Å². The molecule has 21 heavy (non-hydrogen) atoms. The first kappa shape index (κ1) is 13.1. The summed E-state index contributed by atoms with van der Waals surface area (Å²) in [5.74, 6) is 0.231. The molecular weight excluding hydrogens is 278 g/mol. The zero-order valence-corrected chi connectivity index (χ0v) is 11.9. The molecule has 0 aromatic heterocycles. The molecule has 0 aliphatic carbocycles. The van der Waals surface area contributed by atoms with E-state index in [-0.39, 0.29) is 11.5 Å². The van der Waals surface area contributed by atoms with Crippen LogP contribution in [0.5, 0.6) is 11.5 Å². The molecule has 1 aromatic rings. The Morgan fingerprint density at radius 3 is 2.86 bits per heavy atom. The van der Waals surface area contributed by atoms with E-state index < -0.39 is 6.29 Å². The quantitative estimate of drug-likeness (QED) is 0.795. The summed E-state index contributed by atoms with van der Waals surface area (Å²) in [7, 11) is 0. The second-order valence-corrected chi connectivity index (χ2v) is 6.09. The second kappa shape index (κ2) is 4.47. The molecule has 3 heterocycles. The third-order valence-electron chi connectivity index (χ3n) is 4.65. The Bertz CT molecular complexity index is 567. The van der Waals surface area contributed by atoms with E-state index in [0.717, 1.165) is 18.8 Å². The van der Waals surface area contributed by atoms with Crippen molar-refractivity contribution in [1.82, 2.24) is 4.90 Å². The van der Waals surface area contributed by atoms with E-state index in [1.54, 1.807) is 12.1 Å². The first-order valence-corrected chi connectivity index (χ1v) is 7.42. The lowest BCUT2D eigenvalue weighted by Gasteiger charge is -2.43. The molecule has 0 N–H and O–H groups in total. The number of alkyl halides is 2. The van der Waals surface area contributed by atoms with Crippen LogP contribution in [0.2, 0.25) is 0 Å². The molecule has 2 atom stereocenters. The average Bonchev–Trinajstić information content (AvgIpc) is 2.98. The highest BCUT2D eigenvalue weighted by molar-refractivity contribution is 5.58. The zero-order valence-electron chi connectivity index (χ0n) is 11.9. The van der Waals surface area contributed by atoms with Gasteiger partial charge in [0.2, 0.25) is 0 Å². The van der Waals surface area contributed by atoms with Crippen LogP contribution in [0.25, 0.3) is 0 Å². The number of fused-ring (bicyclic) bond motifs is 2. The van der Waals surface area contributed by atoms with Crippen LogP contribution in [0.4, 0.5) is 14.5 Å². The monoisotopic (exact) mass is 296 g/mol. The van der Waals surface area contributed by atoms with Gasteiger partial charge in [-0.2, -0.15) is 0 Å². The van der Waals surface area contributed by atoms with Crippen LogP contribution in [0.3, 0.4) is 0 Å². The van der Waals surface area contributed by atoms with Crippen LogP contribution >= 0.6 is 0 Å². The Labute approximate surface area is 122 Å². The van der Waals surface area contributed by atoms with E-state index in [9.17, 15) is 8.78 Å². The molecule has 2 unspecified atom stereocenters. The highest BCUT2D eigenvalue weighted by Gasteiger charge is 2.44. The highest BCUT2D eigenvalue weighted by Crippen LogP contribution is 2.43. The first-order valence-electron chi connectivity index (χ1n) is 7.42. The molecule has 0 saturated carbocycles. The summed E-state index contributed by atoms with van der Waals surface area (Å²) in [6.07, 6.45) is -1.08. The van der Waals surface area contributed by atoms with Crippen LogP contribution in [0, 0.1) is 0 Å². The number of benzene rings is 1. The van der Waals surface area contributed by atoms with Gasteiger partial charge >= 0.3 is 6.29 Å². The number of hydrogen-bond acceptors (Lipinski definition) is 4. The van der Waals surface area contributed by atoms with Gasteiger partial charge in [-0.15, -0.1) is 8.78 Å². The fraction of sp³-hybridized carbons (Fsp3) is 0.600. The molecule has 0 radical (unpaired) electrons. The van der Waals surface area contributed by atoms with Crippen molar-refractivity contribution >= 4 is 5.69 Å². The molecule has 2 fully saturated rings. The van der Waals surface area contributed by atoms with Crippen LogP contribution in [-0.4, -0.2) is 42.9 Å². The van der Waals surface area contributed by atoms with Gasteiger partial charge in [-0.25, -0.2) is 0 Å². The van der Waals surface area contributed by atoms with Crippen molar-refractivity contribution in [2.45, 2.75) is 38.1 Å². The zero-order chi connectivity index (χ0) is 14.6. The smallest absolute Gasteiger partial charge is 0.395 e. The third kappa shape index (κ3) is 2.21. The van der Waals surface area contributed by atoms with Gasteiger partial charge in [-0.3, -0.25) is 4.90 Å². The Hall–Kier alpha value is -1.56. The topological polar surface area (TPSA) is 24.9 Å². The summed E-state index contributed by atoms with van der Waals surface area (Å²) in [6, 6.07) is 6.01. The largest absolute Gasteiger partial charge is 0.586 e. The average molecular weight is 296 g/mol. The fourth-order valence-electron chi connectivity index (χ4n) is 3.66. The van der Waals surface area contributed by atoms with Gasteiger partial charge in [-0.1, -0.05) is 0 Å². The molecule has 3 aliphatic heterocycles. The van der Waals surface area contributed by atoms with E-state index in [0.29, 0.717) is 12.1 Å². The lowest BCUT2D eigenvalue weighted by Crippen LogP contribution is -2.55. The molecule has 0 amide bonds. The maximum Gasteiger partial charge on any atom is 0.586 e. The molecule has 6 heteroatoms. The minimum absolute atomic E-state index is 0.107. The van der Waals surface area contributed by atoms with E-state index in [1.807, 2.05) is 6.07 Å². The molecule has 3 aliphatic rings. The van der Waals surface area contributed by atoms with Crippen LogP contribution in [0.1, 0.15) is 19.8 Å². The summed E-state index contributed by atoms with van der Waals surface area (Å²) >= 11 is 0. The maximum atomic E-state index is 13.1. The Morgan fingerprint density at radius 1 is 1.19 bits per heavy atom. The standard InChI is InChI=1S/C15H18F2N2O2/c1-10-8-18-6-2-3-12(18)9-19(10)11-4-5-13-14(7-11)21-15(16,17)20-13/h4-5,7,10,12H,2-3,6,8-9H2,1H3. The number of halogens is 2. The van der Waals surface area contributed by atoms with E-state index in [1.165, 1.54) is 19.4 Å². The van der Waals surface area contributed by atoms with Gasteiger partial charge in [0.15, 0.2) is 11.5 Å². The minimum atomic E-state index is -3.54. The molecule has 0 spiro atoms. The van der Waals surface area contributed by atoms with E-state index >= 15 is 0 Å². The number of piperazine rings is 1. The van der Waals surface area contributed by atoms with Crippen molar-refractivity contribution in [3.05, 3.63) is 18.2 Å². The van der Waals surface area contributed by atoms with Crippen molar-refractivity contribution < 1.29 is 18.3 Å². The van der Waals surface area contributed by atoms with Gasteiger partial charge in [0.1, 0.15) is 0 Å². The predicted octanol–water partition coefficient (Wildman–Crippen LogP) is 2.68. The summed E-state index contributed by atoms with van der Waals surface area (Å²) in [4.78, 5) is 4.81. The summed E-state index contributed by atoms with van der Waals surface area (Å²) < 4.78 is 35.2. The SMILES string of the molecule is CC1CN2CCCC2CN1c1ccc2c(c1)OC(F)(F)O2. The molecule has 0 bridgehead atoms. The highest BCUT2D eigenvalue weighted by atomic mass is 19.3. The number of nitrogens with zero attached hydrogens (tertiary/aromatic N) is 2. The van der Waals surface area contributed by atoms with Crippen molar-refractivity contribution in [1.29, 1.82) is 0 Å². The van der Waals surface area contributed by atoms with Gasteiger partial charge in [-0.05, 0) is 38.4 Å². The van der Waals surface area contributed by atoms with E-state index in [4.69, 9.17) is 0 Å². The van der Waals surface area contributed by atoms with Crippen LogP contribution in [0.15, 0.2) is 18.2 Å². The molecule has 114 valence electrons. The minimum Gasteiger partial charge on any atom is -0.395 e. The van der Waals surface area contributed by atoms with Crippen molar-refractivity contribution in [2.24, 2.45) is 0 Å². The summed E-state index contributed by atoms with van der Waals surface area (Å²) in [6.45, 7) is 5.32. The van der Waals surface area contributed by atoms with Crippen LogP contribution in [-0.2, 0) is 0 Å². The lowest BCUT2D eigenvalue weighted by molar-refractivity contribution is -0.286. The maximum absolute atomic E-state index is 13.1. The number of anilines is 1. The van der Waals surface area contributed by atoms with E-state index in [2.05, 4.69) is 26.2 Å².